The van der Waals surface area contributed by atoms with Gasteiger partial charge in [-0.25, -0.2) is 4.79 Å². The Hall–Kier alpha value is -2.62. The summed E-state index contributed by atoms with van der Waals surface area (Å²) in [5.41, 5.74) is 2.11. The smallest absolute Gasteiger partial charge is 0.356 e. The molecule has 1 N–H and O–H groups in total. The fourth-order valence-electron chi connectivity index (χ4n) is 2.22. The Labute approximate surface area is 116 Å². The highest BCUT2D eigenvalue weighted by molar-refractivity contribution is 5.97. The fourth-order valence-corrected chi connectivity index (χ4v) is 2.22. The number of carbonyl (C=O) groups is 1. The molecule has 4 nitrogen and oxygen atoms in total. The van der Waals surface area contributed by atoms with Crippen molar-refractivity contribution >= 4 is 16.7 Å². The molecule has 0 unspecified atom stereocenters. The molecule has 2 aromatic carbocycles. The molecule has 0 aliphatic heterocycles. The van der Waals surface area contributed by atoms with Crippen molar-refractivity contribution in [2.24, 2.45) is 0 Å². The predicted molar refractivity (Wildman–Crippen MR) is 77.5 cm³/mol. The van der Waals surface area contributed by atoms with Crippen LogP contribution in [0.5, 0.6) is 0 Å². The summed E-state index contributed by atoms with van der Waals surface area (Å²) in [7, 11) is 0. The maximum absolute atomic E-state index is 11.7. The lowest BCUT2D eigenvalue weighted by Crippen LogP contribution is -2.04. The Morgan fingerprint density at radius 3 is 2.85 bits per heavy atom. The zero-order valence-corrected chi connectivity index (χ0v) is 11.1. The molecule has 0 aliphatic rings. The van der Waals surface area contributed by atoms with Gasteiger partial charge in [0.05, 0.1) is 12.3 Å². The highest BCUT2D eigenvalue weighted by Crippen LogP contribution is 2.27. The van der Waals surface area contributed by atoms with E-state index in [1.165, 1.54) is 0 Å². The van der Waals surface area contributed by atoms with Gasteiger partial charge in [0, 0.05) is 5.56 Å². The van der Waals surface area contributed by atoms with Crippen molar-refractivity contribution in [3.05, 3.63) is 54.2 Å². The number of esters is 1. The molecule has 0 bridgehead atoms. The molecule has 20 heavy (non-hydrogen) atoms. The number of H-pyrrole nitrogens is 1. The molecule has 0 saturated carbocycles. The monoisotopic (exact) mass is 266 g/mol. The van der Waals surface area contributed by atoms with E-state index in [2.05, 4.69) is 22.3 Å². The minimum Gasteiger partial charge on any atom is -0.461 e. The first-order valence-electron chi connectivity index (χ1n) is 6.50. The quantitative estimate of drug-likeness (QED) is 0.739. The van der Waals surface area contributed by atoms with Crippen molar-refractivity contribution in [3.8, 4) is 11.3 Å². The predicted octanol–water partition coefficient (Wildman–Crippen LogP) is 3.41. The van der Waals surface area contributed by atoms with E-state index in [0.717, 1.165) is 22.0 Å². The molecule has 3 aromatic rings. The van der Waals surface area contributed by atoms with Gasteiger partial charge < -0.3 is 4.74 Å². The first-order valence-corrected chi connectivity index (χ1v) is 6.50. The first-order chi connectivity index (χ1) is 9.79. The fraction of sp³-hybridized carbons (Fsp3) is 0.125. The minimum absolute atomic E-state index is 0.349. The van der Waals surface area contributed by atoms with Crippen molar-refractivity contribution < 1.29 is 9.53 Å². The van der Waals surface area contributed by atoms with E-state index in [1.54, 1.807) is 13.0 Å². The summed E-state index contributed by atoms with van der Waals surface area (Å²) in [5.74, 6) is -0.383. The number of rotatable bonds is 3. The zero-order valence-electron chi connectivity index (χ0n) is 11.1. The third-order valence-corrected chi connectivity index (χ3v) is 3.14. The average Bonchev–Trinajstić information content (AvgIpc) is 2.97. The van der Waals surface area contributed by atoms with Crippen LogP contribution in [0.25, 0.3) is 22.0 Å². The lowest BCUT2D eigenvalue weighted by Gasteiger charge is -2.02. The SMILES string of the molecule is CCOC(=O)c1cc(-c2cccc3ccccc23)n[nH]1. The van der Waals surface area contributed by atoms with Crippen molar-refractivity contribution in [3.63, 3.8) is 0 Å². The van der Waals surface area contributed by atoms with Gasteiger partial charge in [-0.3, -0.25) is 5.10 Å². The summed E-state index contributed by atoms with van der Waals surface area (Å²) in [5, 5.41) is 9.20. The Morgan fingerprint density at radius 2 is 2.00 bits per heavy atom. The third-order valence-electron chi connectivity index (χ3n) is 3.14. The van der Waals surface area contributed by atoms with Crippen LogP contribution in [-0.4, -0.2) is 22.8 Å². The van der Waals surface area contributed by atoms with E-state index in [0.29, 0.717) is 12.3 Å². The van der Waals surface area contributed by atoms with Crippen LogP contribution in [0, 0.1) is 0 Å². The molecule has 0 spiro atoms. The van der Waals surface area contributed by atoms with Crippen LogP contribution < -0.4 is 0 Å². The second-order valence-electron chi connectivity index (χ2n) is 4.41. The summed E-state index contributed by atoms with van der Waals surface area (Å²) in [6.07, 6.45) is 0. The molecule has 0 amide bonds. The topological polar surface area (TPSA) is 55.0 Å². The van der Waals surface area contributed by atoms with E-state index >= 15 is 0 Å². The van der Waals surface area contributed by atoms with Crippen molar-refractivity contribution in [2.75, 3.05) is 6.61 Å². The molecule has 0 fully saturated rings. The number of aromatic amines is 1. The number of ether oxygens (including phenoxy) is 1. The van der Waals surface area contributed by atoms with E-state index in [9.17, 15) is 4.79 Å². The normalized spacial score (nSPS) is 10.7. The van der Waals surface area contributed by atoms with Gasteiger partial charge >= 0.3 is 5.97 Å². The average molecular weight is 266 g/mol. The number of nitrogens with zero attached hydrogens (tertiary/aromatic N) is 1. The number of aromatic nitrogens is 2. The first kappa shape index (κ1) is 12.4. The van der Waals surface area contributed by atoms with Crippen LogP contribution in [-0.2, 0) is 4.74 Å². The zero-order chi connectivity index (χ0) is 13.9. The Morgan fingerprint density at radius 1 is 1.20 bits per heavy atom. The number of nitrogens with one attached hydrogen (secondary N) is 1. The second-order valence-corrected chi connectivity index (χ2v) is 4.41. The van der Waals surface area contributed by atoms with E-state index in [-0.39, 0.29) is 5.97 Å². The number of hydrogen-bond acceptors (Lipinski definition) is 3. The number of benzene rings is 2. The summed E-state index contributed by atoms with van der Waals surface area (Å²) >= 11 is 0. The van der Waals surface area contributed by atoms with Crippen molar-refractivity contribution in [2.45, 2.75) is 6.92 Å². The van der Waals surface area contributed by atoms with Gasteiger partial charge in [-0.1, -0.05) is 42.5 Å². The van der Waals surface area contributed by atoms with Crippen molar-refractivity contribution in [1.29, 1.82) is 0 Å². The summed E-state index contributed by atoms with van der Waals surface area (Å²) < 4.78 is 4.95. The summed E-state index contributed by atoms with van der Waals surface area (Å²) in [6, 6.07) is 15.8. The van der Waals surface area contributed by atoms with Gasteiger partial charge in [-0.05, 0) is 23.8 Å². The molecule has 0 aliphatic carbocycles. The molecule has 0 radical (unpaired) electrons. The van der Waals surface area contributed by atoms with E-state index in [4.69, 9.17) is 4.74 Å². The van der Waals surface area contributed by atoms with Gasteiger partial charge in [0.15, 0.2) is 0 Å². The lowest BCUT2D eigenvalue weighted by atomic mass is 10.0. The molecular weight excluding hydrogens is 252 g/mol. The van der Waals surface area contributed by atoms with Gasteiger partial charge in [0.1, 0.15) is 5.69 Å². The Bertz CT molecular complexity index is 757. The standard InChI is InChI=1S/C16H14N2O2/c1-2-20-16(19)15-10-14(17-18-15)13-9-5-7-11-6-3-4-8-12(11)13/h3-10H,2H2,1H3,(H,17,18). The maximum Gasteiger partial charge on any atom is 0.356 e. The molecule has 4 heteroatoms. The third kappa shape index (κ3) is 2.16. The molecule has 3 rings (SSSR count). The van der Waals surface area contributed by atoms with Crippen LogP contribution in [0.1, 0.15) is 17.4 Å². The van der Waals surface area contributed by atoms with Gasteiger partial charge in [0.25, 0.3) is 0 Å². The van der Waals surface area contributed by atoms with Crippen LogP contribution >= 0.6 is 0 Å². The van der Waals surface area contributed by atoms with Gasteiger partial charge in [-0.2, -0.15) is 5.10 Å². The highest BCUT2D eigenvalue weighted by atomic mass is 16.5. The van der Waals surface area contributed by atoms with Crippen molar-refractivity contribution in [1.82, 2.24) is 10.2 Å². The summed E-state index contributed by atoms with van der Waals surface area (Å²) in [4.78, 5) is 11.7. The lowest BCUT2D eigenvalue weighted by molar-refractivity contribution is 0.0519. The Kier molecular flexibility index (Phi) is 3.21. The van der Waals surface area contributed by atoms with E-state index < -0.39 is 0 Å². The second kappa shape index (κ2) is 5.17. The van der Waals surface area contributed by atoms with Gasteiger partial charge in [0.2, 0.25) is 0 Å². The molecule has 0 saturated heterocycles. The maximum atomic E-state index is 11.7. The highest BCUT2D eigenvalue weighted by Gasteiger charge is 2.13. The number of carbonyl (C=O) groups excluding carboxylic acids is 1. The van der Waals surface area contributed by atoms with Crippen LogP contribution in [0.15, 0.2) is 48.5 Å². The molecule has 100 valence electrons. The van der Waals surface area contributed by atoms with Crippen LogP contribution in [0.2, 0.25) is 0 Å². The Balaban J connectivity index is 2.06. The number of fused-ring (bicyclic) bond motifs is 1. The van der Waals surface area contributed by atoms with Crippen LogP contribution in [0.4, 0.5) is 0 Å². The largest absolute Gasteiger partial charge is 0.461 e. The molecule has 1 aromatic heterocycles. The van der Waals surface area contributed by atoms with Gasteiger partial charge in [-0.15, -0.1) is 0 Å². The molecular formula is C16H14N2O2. The minimum atomic E-state index is -0.383. The molecule has 1 heterocycles. The number of hydrogen-bond donors (Lipinski definition) is 1. The summed E-state index contributed by atoms with van der Waals surface area (Å²) in [6.45, 7) is 2.13. The van der Waals surface area contributed by atoms with E-state index in [1.807, 2.05) is 30.3 Å². The molecule has 0 atom stereocenters. The van der Waals surface area contributed by atoms with Crippen LogP contribution in [0.3, 0.4) is 0 Å².